The molecule has 2 radical (unpaired) electrons. The Balaban J connectivity index is 0.00000240. The number of carboxylic acids is 1. The van der Waals surface area contributed by atoms with Gasteiger partial charge < -0.3 is 25.2 Å². The molecule has 0 amide bonds. The van der Waals surface area contributed by atoms with Gasteiger partial charge in [-0.1, -0.05) is 45.9 Å². The van der Waals surface area contributed by atoms with Crippen LogP contribution in [0.5, 0.6) is 11.5 Å². The molecule has 2 aromatic carbocycles. The van der Waals surface area contributed by atoms with E-state index in [1.807, 2.05) is 0 Å². The van der Waals surface area contributed by atoms with Crippen molar-refractivity contribution in [3.05, 3.63) is 89.3 Å². The van der Waals surface area contributed by atoms with E-state index in [1.54, 1.807) is 30.3 Å². The van der Waals surface area contributed by atoms with Crippen LogP contribution in [0.1, 0.15) is 21.5 Å². The van der Waals surface area contributed by atoms with Gasteiger partial charge in [-0.15, -0.1) is 0 Å². The summed E-state index contributed by atoms with van der Waals surface area (Å²) in [6, 6.07) is 7.90. The van der Waals surface area contributed by atoms with Crippen LogP contribution in [-0.4, -0.2) is 11.4 Å². The minimum Gasteiger partial charge on any atom is -0.870 e. The Morgan fingerprint density at radius 2 is 1.69 bits per heavy atom. The molecular weight excluding hydrogens is 822 g/mol. The van der Waals surface area contributed by atoms with Gasteiger partial charge in [0.05, 0.1) is 10.4 Å². The Labute approximate surface area is 273 Å². The molecule has 1 aliphatic carbocycles. The van der Waals surface area contributed by atoms with Gasteiger partial charge in [0.15, 0.2) is 11.5 Å². The van der Waals surface area contributed by atoms with Crippen molar-refractivity contribution < 1.29 is 117 Å². The Bertz CT molecular complexity index is 1220. The Kier molecular flexibility index (Phi) is 13.4. The summed E-state index contributed by atoms with van der Waals surface area (Å²) in [7, 11) is 0. The van der Waals surface area contributed by atoms with E-state index in [0.29, 0.717) is 22.3 Å². The zero-order valence-electron chi connectivity index (χ0n) is 16.8. The van der Waals surface area contributed by atoms with Crippen molar-refractivity contribution in [1.29, 1.82) is 0 Å². The number of halogens is 3. The maximum absolute atomic E-state index is 12.3. The Morgan fingerprint density at radius 1 is 1.06 bits per heavy atom. The number of hydrogen-bond acceptors (Lipinski definition) is 5. The molecule has 2 aromatic rings. The molecule has 0 spiro atoms. The number of aromatic carboxylic acids is 1. The molecule has 0 aromatic heterocycles. The van der Waals surface area contributed by atoms with E-state index in [9.17, 15) is 20.1 Å². The molecule has 1 heterocycles. The van der Waals surface area contributed by atoms with E-state index < -0.39 is 11.7 Å². The minimum absolute atomic E-state index is 0. The fraction of sp³-hybridized carbons (Fsp3) is 0. The molecule has 0 saturated heterocycles. The molecule has 6 nitrogen and oxygen atoms in total. The van der Waals surface area contributed by atoms with Crippen LogP contribution in [0.25, 0.3) is 5.57 Å². The van der Waals surface area contributed by atoms with Gasteiger partial charge in [0, 0.05) is 26.8 Å². The topological polar surface area (TPSA) is 122 Å². The maximum atomic E-state index is 12.3. The third kappa shape index (κ3) is 5.89. The van der Waals surface area contributed by atoms with Gasteiger partial charge in [-0.25, -0.2) is 0 Å². The normalized spacial score (nSPS) is 13.2. The number of allylic oxidation sites excluding steroid dienone is 1. The first-order valence-corrected chi connectivity index (χ1v) is 10.2. The van der Waals surface area contributed by atoms with Crippen molar-refractivity contribution >= 4 is 59.3 Å². The molecule has 0 bridgehead atoms. The molecule has 0 atom stereocenters. The van der Waals surface area contributed by atoms with Crippen LogP contribution < -0.4 is 74.1 Å². The third-order valence-electron chi connectivity index (χ3n) is 4.25. The molecule has 0 fully saturated rings. The number of carboxylic acid groups (broad SMARTS) is 1. The van der Waals surface area contributed by atoms with Crippen molar-refractivity contribution in [3.8, 4) is 11.5 Å². The molecule has 32 heavy (non-hydrogen) atoms. The predicted molar refractivity (Wildman–Crippen MR) is 109 cm³/mol. The van der Waals surface area contributed by atoms with Crippen LogP contribution >= 0.6 is 47.8 Å². The second-order valence-electron chi connectivity index (χ2n) is 5.88. The molecule has 1 N–H and O–H groups in total. The first-order valence-electron chi connectivity index (χ1n) is 7.77. The molecule has 12 heteroatoms. The first-order chi connectivity index (χ1) is 13.3. The number of fused-ring (bicyclic) bond motifs is 2. The van der Waals surface area contributed by atoms with Crippen molar-refractivity contribution in [1.82, 2.24) is 0 Å². The summed E-state index contributed by atoms with van der Waals surface area (Å²) >= 11 is 9.66. The van der Waals surface area contributed by atoms with E-state index in [2.05, 4.69) is 53.5 Å². The number of benzene rings is 2. The van der Waals surface area contributed by atoms with E-state index in [-0.39, 0.29) is 129 Å². The summed E-state index contributed by atoms with van der Waals surface area (Å²) < 4.78 is 6.48. The van der Waals surface area contributed by atoms with Crippen molar-refractivity contribution in [2.24, 2.45) is 0 Å². The van der Waals surface area contributed by atoms with Crippen LogP contribution in [0.15, 0.2) is 72.7 Å². The smallest absolute Gasteiger partial charge is 0.870 e. The third-order valence-corrected chi connectivity index (χ3v) is 6.15. The molecule has 1 aliphatic heterocycles. The van der Waals surface area contributed by atoms with Gasteiger partial charge >= 0.3 is 86.8 Å². The molecule has 0 unspecified atom stereocenters. The predicted octanol–water partition coefficient (Wildman–Crippen LogP) is -2.24. The second kappa shape index (κ2) is 13.1. The summed E-state index contributed by atoms with van der Waals surface area (Å²) in [6.07, 6.45) is 1.55. The van der Waals surface area contributed by atoms with Crippen LogP contribution in [-0.2, 0) is 32.8 Å². The summed E-state index contributed by atoms with van der Waals surface area (Å²) in [4.78, 5) is 11.7. The largest absolute Gasteiger partial charge is 1.00 e. The SMILES string of the molecule is [Hg+].[Na+].[Na+].[OH-].[O]c1c(Br)cc2c(c1Br)OC1=C=C([O-])C(Br)=CC1=C2c1ccccc1C(=O)[O-]. The van der Waals surface area contributed by atoms with Crippen LogP contribution in [0.3, 0.4) is 0 Å². The van der Waals surface area contributed by atoms with Gasteiger partial charge in [0.25, 0.3) is 0 Å². The zero-order valence-corrected chi connectivity index (χ0v) is 31.0. The molecule has 0 saturated carbocycles. The number of carbonyl (C=O) groups excluding carboxylic acids is 1. The van der Waals surface area contributed by atoms with Gasteiger partial charge in [0.1, 0.15) is 4.47 Å². The van der Waals surface area contributed by atoms with Crippen molar-refractivity contribution in [3.63, 3.8) is 0 Å². The van der Waals surface area contributed by atoms with Crippen LogP contribution in [0.2, 0.25) is 0 Å². The van der Waals surface area contributed by atoms with Gasteiger partial charge in [-0.2, -0.15) is 0 Å². The Hall–Kier alpha value is 0.645. The van der Waals surface area contributed by atoms with Gasteiger partial charge in [0.2, 0.25) is 5.75 Å². The zero-order chi connectivity index (χ0) is 20.2. The molecule has 2 aliphatic rings. The van der Waals surface area contributed by atoms with E-state index in [4.69, 9.17) is 4.74 Å². The number of hydrogen-bond donors (Lipinski definition) is 0. The summed E-state index contributed by atoms with van der Waals surface area (Å²) in [5.41, 5.74) is 4.37. The fourth-order valence-electron chi connectivity index (χ4n) is 3.04. The van der Waals surface area contributed by atoms with Gasteiger partial charge in [-0.05, 0) is 55.3 Å². The first kappa shape index (κ1) is 32.6. The quantitative estimate of drug-likeness (QED) is 0.251. The van der Waals surface area contributed by atoms with Crippen LogP contribution in [0, 0.1) is 0 Å². The van der Waals surface area contributed by atoms with Crippen molar-refractivity contribution in [2.45, 2.75) is 0 Å². The van der Waals surface area contributed by atoms with Crippen LogP contribution in [0.4, 0.5) is 0 Å². The standard InChI is InChI=1S/C20H8Br3O5.Hg.2Na.H2O/c21-12-5-10-15(7-14(12)24)28-19-11(6-13(22)18(25)17(19)23)16(10)8-3-1-2-4-9(8)20(26)27;;;;/h1-6,24H,(H,26,27);;;;1H2/q;3*+1;/p-3. The number of ether oxygens (including phenoxy) is 1. The van der Waals surface area contributed by atoms with E-state index in [0.717, 1.165) is 0 Å². The summed E-state index contributed by atoms with van der Waals surface area (Å²) in [6.45, 7) is 0. The summed E-state index contributed by atoms with van der Waals surface area (Å²) in [5, 5.41) is 36.1. The maximum Gasteiger partial charge on any atom is 1.00 e. The Morgan fingerprint density at radius 3 is 2.31 bits per heavy atom. The van der Waals surface area contributed by atoms with Gasteiger partial charge in [-0.3, -0.25) is 5.11 Å². The second-order valence-corrected chi connectivity index (χ2v) is 8.38. The average Bonchev–Trinajstić information content (AvgIpc) is 2.66. The number of carbonyl (C=O) groups is 1. The monoisotopic (exact) mass is 828 g/mol. The summed E-state index contributed by atoms with van der Waals surface area (Å²) in [5.74, 6) is -1.83. The molecule has 4 rings (SSSR count). The number of rotatable bonds is 2. The van der Waals surface area contributed by atoms with E-state index >= 15 is 0 Å². The molecule has 148 valence electrons. The minimum atomic E-state index is -1.35. The molecular formula is C20H7Br3HgNa2O6. The van der Waals surface area contributed by atoms with E-state index in [1.165, 1.54) is 6.07 Å². The fourth-order valence-corrected chi connectivity index (χ4v) is 4.57. The van der Waals surface area contributed by atoms with Crippen molar-refractivity contribution in [2.75, 3.05) is 0 Å². The average molecular weight is 830 g/mol.